The average Bonchev–Trinajstić information content (AvgIpc) is 3.40. The minimum Gasteiger partial charge on any atom is -0.361 e. The maximum atomic E-state index is 11.8. The van der Waals surface area contributed by atoms with Gasteiger partial charge in [-0.1, -0.05) is 0 Å². The van der Waals surface area contributed by atoms with Gasteiger partial charge in [-0.15, -0.1) is 0 Å². The molecule has 0 spiro atoms. The van der Waals surface area contributed by atoms with E-state index in [4.69, 9.17) is 0 Å². The number of aryl methyl sites for hydroxylation is 1. The summed E-state index contributed by atoms with van der Waals surface area (Å²) in [4.78, 5) is 34.9. The first kappa shape index (κ1) is 16.2. The number of amides is 1. The Morgan fingerprint density at radius 1 is 1.33 bits per heavy atom. The van der Waals surface area contributed by atoms with E-state index >= 15 is 0 Å². The van der Waals surface area contributed by atoms with Crippen LogP contribution in [0.25, 0.3) is 11.4 Å². The van der Waals surface area contributed by atoms with E-state index in [1.54, 1.807) is 26.1 Å². The number of carbonyl (C=O) groups is 1. The van der Waals surface area contributed by atoms with Crippen LogP contribution in [-0.2, 0) is 4.79 Å². The van der Waals surface area contributed by atoms with Crippen LogP contribution in [0.4, 0.5) is 5.82 Å². The maximum absolute atomic E-state index is 11.8. The molecule has 0 atom stereocenters. The van der Waals surface area contributed by atoms with Gasteiger partial charge in [0, 0.05) is 29.6 Å². The molecule has 24 heavy (non-hydrogen) atoms. The standard InChI is InChI=1S/C17H21N5O2/c1-10-11(2)21-16(22-17(10)24)13-5-6-14(18-8-13)19-9-15(23)20-7-12-3-4-12/h5-6,8,12H,3-4,7,9H2,1-2H3,(H,18,19)(H,20,23)(H,21,22,24). The summed E-state index contributed by atoms with van der Waals surface area (Å²) < 4.78 is 0. The van der Waals surface area contributed by atoms with Gasteiger partial charge in [-0.05, 0) is 44.7 Å². The lowest BCUT2D eigenvalue weighted by atomic mass is 10.2. The summed E-state index contributed by atoms with van der Waals surface area (Å²) >= 11 is 0. The lowest BCUT2D eigenvalue weighted by Gasteiger charge is -2.08. The topological polar surface area (TPSA) is 99.8 Å². The number of rotatable bonds is 6. The van der Waals surface area contributed by atoms with Gasteiger partial charge in [0.05, 0.1) is 6.54 Å². The second kappa shape index (κ2) is 6.82. The van der Waals surface area contributed by atoms with Crippen molar-refractivity contribution in [1.82, 2.24) is 20.3 Å². The Kier molecular flexibility index (Phi) is 4.59. The van der Waals surface area contributed by atoms with E-state index in [0.29, 0.717) is 28.8 Å². The van der Waals surface area contributed by atoms with E-state index in [1.165, 1.54) is 12.8 Å². The predicted octanol–water partition coefficient (Wildman–Crippen LogP) is 1.39. The van der Waals surface area contributed by atoms with Gasteiger partial charge in [0.2, 0.25) is 5.91 Å². The molecule has 7 nitrogen and oxygen atoms in total. The van der Waals surface area contributed by atoms with Crippen LogP contribution in [0.1, 0.15) is 24.1 Å². The van der Waals surface area contributed by atoms with Crippen molar-refractivity contribution in [3.63, 3.8) is 0 Å². The minimum absolute atomic E-state index is 0.0343. The number of carbonyl (C=O) groups excluding carboxylic acids is 1. The summed E-state index contributed by atoms with van der Waals surface area (Å²) in [6.45, 7) is 4.50. The number of hydrogen-bond acceptors (Lipinski definition) is 5. The van der Waals surface area contributed by atoms with Crippen LogP contribution in [0, 0.1) is 19.8 Å². The second-order valence-corrected chi connectivity index (χ2v) is 6.16. The van der Waals surface area contributed by atoms with Crippen LogP contribution >= 0.6 is 0 Å². The molecule has 126 valence electrons. The Balaban J connectivity index is 1.60. The van der Waals surface area contributed by atoms with E-state index in [-0.39, 0.29) is 18.0 Å². The highest BCUT2D eigenvalue weighted by Crippen LogP contribution is 2.27. The number of aromatic nitrogens is 3. The highest BCUT2D eigenvalue weighted by atomic mass is 16.2. The third kappa shape index (κ3) is 3.98. The van der Waals surface area contributed by atoms with Crippen molar-refractivity contribution >= 4 is 11.7 Å². The first-order chi connectivity index (χ1) is 11.5. The zero-order valence-electron chi connectivity index (χ0n) is 13.8. The van der Waals surface area contributed by atoms with Crippen LogP contribution in [-0.4, -0.2) is 33.9 Å². The lowest BCUT2D eigenvalue weighted by Crippen LogP contribution is -2.31. The Morgan fingerprint density at radius 2 is 2.12 bits per heavy atom. The first-order valence-electron chi connectivity index (χ1n) is 8.07. The van der Waals surface area contributed by atoms with Gasteiger partial charge < -0.3 is 15.6 Å². The number of aromatic amines is 1. The predicted molar refractivity (Wildman–Crippen MR) is 91.8 cm³/mol. The van der Waals surface area contributed by atoms with Gasteiger partial charge in [0.25, 0.3) is 5.56 Å². The number of pyridine rings is 1. The first-order valence-corrected chi connectivity index (χ1v) is 8.07. The van der Waals surface area contributed by atoms with E-state index in [9.17, 15) is 9.59 Å². The molecule has 0 aromatic carbocycles. The van der Waals surface area contributed by atoms with Gasteiger partial charge in [-0.3, -0.25) is 9.59 Å². The van der Waals surface area contributed by atoms with Gasteiger partial charge in [0.1, 0.15) is 11.6 Å². The monoisotopic (exact) mass is 327 g/mol. The van der Waals surface area contributed by atoms with E-state index < -0.39 is 0 Å². The van der Waals surface area contributed by atoms with Gasteiger partial charge >= 0.3 is 0 Å². The molecule has 0 unspecified atom stereocenters. The summed E-state index contributed by atoms with van der Waals surface area (Å²) in [5.74, 6) is 1.72. The van der Waals surface area contributed by atoms with Crippen molar-refractivity contribution in [2.24, 2.45) is 5.92 Å². The molecule has 0 aliphatic heterocycles. The fraction of sp³-hybridized carbons (Fsp3) is 0.412. The van der Waals surface area contributed by atoms with Crippen LogP contribution in [0.5, 0.6) is 0 Å². The Hall–Kier alpha value is -2.70. The molecule has 0 saturated heterocycles. The second-order valence-electron chi connectivity index (χ2n) is 6.16. The number of anilines is 1. The van der Waals surface area contributed by atoms with Crippen molar-refractivity contribution in [2.75, 3.05) is 18.4 Å². The molecule has 7 heteroatoms. The lowest BCUT2D eigenvalue weighted by molar-refractivity contribution is -0.119. The fourth-order valence-electron chi connectivity index (χ4n) is 2.23. The Labute approximate surface area is 139 Å². The zero-order valence-corrected chi connectivity index (χ0v) is 13.8. The molecule has 0 bridgehead atoms. The van der Waals surface area contributed by atoms with Crippen molar-refractivity contribution in [3.05, 3.63) is 39.9 Å². The summed E-state index contributed by atoms with van der Waals surface area (Å²) in [5.41, 5.74) is 1.89. The molecule has 1 aliphatic carbocycles. The van der Waals surface area contributed by atoms with Gasteiger partial charge in [0.15, 0.2) is 0 Å². The summed E-state index contributed by atoms with van der Waals surface area (Å²) in [5, 5.41) is 5.87. The summed E-state index contributed by atoms with van der Waals surface area (Å²) in [6, 6.07) is 3.57. The molecule has 1 saturated carbocycles. The van der Waals surface area contributed by atoms with Crippen molar-refractivity contribution in [3.8, 4) is 11.4 Å². The summed E-state index contributed by atoms with van der Waals surface area (Å²) in [6.07, 6.45) is 4.05. The Morgan fingerprint density at radius 3 is 2.75 bits per heavy atom. The molecule has 1 amide bonds. The molecule has 1 fully saturated rings. The molecular weight excluding hydrogens is 306 g/mol. The normalized spacial score (nSPS) is 13.6. The molecule has 3 N–H and O–H groups in total. The molecule has 2 heterocycles. The van der Waals surface area contributed by atoms with Crippen LogP contribution in [0.3, 0.4) is 0 Å². The van der Waals surface area contributed by atoms with E-state index in [2.05, 4.69) is 25.6 Å². The van der Waals surface area contributed by atoms with Crippen molar-refractivity contribution < 1.29 is 4.79 Å². The SMILES string of the molecule is Cc1nc(-c2ccc(NCC(=O)NCC3CC3)nc2)[nH]c(=O)c1C. The highest BCUT2D eigenvalue weighted by Gasteiger charge is 2.21. The maximum Gasteiger partial charge on any atom is 0.254 e. The molecule has 2 aromatic rings. The van der Waals surface area contributed by atoms with E-state index in [0.717, 1.165) is 12.1 Å². The van der Waals surface area contributed by atoms with Gasteiger partial charge in [-0.25, -0.2) is 9.97 Å². The number of H-pyrrole nitrogens is 1. The number of nitrogens with zero attached hydrogens (tertiary/aromatic N) is 2. The average molecular weight is 327 g/mol. The van der Waals surface area contributed by atoms with Gasteiger partial charge in [-0.2, -0.15) is 0 Å². The summed E-state index contributed by atoms with van der Waals surface area (Å²) in [7, 11) is 0. The quantitative estimate of drug-likeness (QED) is 0.744. The van der Waals surface area contributed by atoms with Crippen molar-refractivity contribution in [1.29, 1.82) is 0 Å². The molecule has 0 radical (unpaired) electrons. The van der Waals surface area contributed by atoms with Crippen LogP contribution < -0.4 is 16.2 Å². The molecule has 2 aromatic heterocycles. The van der Waals surface area contributed by atoms with Crippen molar-refractivity contribution in [2.45, 2.75) is 26.7 Å². The minimum atomic E-state index is -0.146. The van der Waals surface area contributed by atoms with Crippen LogP contribution in [0.2, 0.25) is 0 Å². The third-order valence-electron chi connectivity index (χ3n) is 4.15. The molecule has 3 rings (SSSR count). The zero-order chi connectivity index (χ0) is 17.1. The largest absolute Gasteiger partial charge is 0.361 e. The number of nitrogens with one attached hydrogen (secondary N) is 3. The van der Waals surface area contributed by atoms with E-state index in [1.807, 2.05) is 6.07 Å². The van der Waals surface area contributed by atoms with Crippen LogP contribution in [0.15, 0.2) is 23.1 Å². The smallest absolute Gasteiger partial charge is 0.254 e. The molecule has 1 aliphatic rings. The number of hydrogen-bond donors (Lipinski definition) is 3. The Bertz CT molecular complexity index is 794. The highest BCUT2D eigenvalue weighted by molar-refractivity contribution is 5.80. The third-order valence-corrected chi connectivity index (χ3v) is 4.15. The molecular formula is C17H21N5O2. The fourth-order valence-corrected chi connectivity index (χ4v) is 2.23.